The smallest absolute Gasteiger partial charge is 0.292 e. The highest BCUT2D eigenvalue weighted by Gasteiger charge is 2.46. The monoisotopic (exact) mass is 309 g/mol. The van der Waals surface area contributed by atoms with Gasteiger partial charge in [-0.15, -0.1) is 0 Å². The van der Waals surface area contributed by atoms with Gasteiger partial charge in [-0.25, -0.2) is 4.90 Å². The van der Waals surface area contributed by atoms with Gasteiger partial charge in [-0.1, -0.05) is 17.7 Å². The van der Waals surface area contributed by atoms with Crippen LogP contribution in [0.25, 0.3) is 0 Å². The number of likely N-dealkylation sites (N-methyl/N-ethyl adjacent to an activating group) is 1. The van der Waals surface area contributed by atoms with Crippen LogP contribution < -0.4 is 14.7 Å². The summed E-state index contributed by atoms with van der Waals surface area (Å²) in [4.78, 5) is 28.9. The highest BCUT2D eigenvalue weighted by atomic mass is 35.5. The van der Waals surface area contributed by atoms with Gasteiger partial charge in [0.2, 0.25) is 5.91 Å². The Kier molecular flexibility index (Phi) is 3.97. The van der Waals surface area contributed by atoms with E-state index in [-0.39, 0.29) is 17.9 Å². The van der Waals surface area contributed by atoms with E-state index >= 15 is 0 Å². The van der Waals surface area contributed by atoms with Gasteiger partial charge in [0.15, 0.2) is 6.04 Å². The van der Waals surface area contributed by atoms with Crippen molar-refractivity contribution in [2.75, 3.05) is 38.1 Å². The molecule has 0 spiro atoms. The third kappa shape index (κ3) is 2.81. The zero-order chi connectivity index (χ0) is 15.0. The summed E-state index contributed by atoms with van der Waals surface area (Å²) in [6.07, 6.45) is 0.305. The molecular formula is C15H20ClN3O2+2. The standard InChI is InChI=1S/C15H18ClN3O2/c1-17-5-7-18(8-6-17)13-10-14(20)19(15(13)21)12-4-2-3-11(16)9-12/h2-4,9,13H,5-8,10H2,1H3/p+2. The Morgan fingerprint density at radius 2 is 1.90 bits per heavy atom. The lowest BCUT2D eigenvalue weighted by Gasteiger charge is -2.30. The Morgan fingerprint density at radius 3 is 2.57 bits per heavy atom. The molecule has 112 valence electrons. The number of rotatable bonds is 2. The van der Waals surface area contributed by atoms with Gasteiger partial charge >= 0.3 is 0 Å². The van der Waals surface area contributed by atoms with Crippen molar-refractivity contribution in [3.63, 3.8) is 0 Å². The van der Waals surface area contributed by atoms with Crippen LogP contribution in [0.1, 0.15) is 6.42 Å². The van der Waals surface area contributed by atoms with Crippen LogP contribution in [0.15, 0.2) is 24.3 Å². The second kappa shape index (κ2) is 5.75. The Bertz CT molecular complexity index is 570. The zero-order valence-corrected chi connectivity index (χ0v) is 12.8. The molecule has 2 saturated heterocycles. The molecule has 2 aliphatic heterocycles. The highest BCUT2D eigenvalue weighted by molar-refractivity contribution is 6.31. The molecule has 0 bridgehead atoms. The van der Waals surface area contributed by atoms with E-state index in [1.165, 1.54) is 14.7 Å². The van der Waals surface area contributed by atoms with Gasteiger partial charge in [-0.2, -0.15) is 0 Å². The van der Waals surface area contributed by atoms with Crippen molar-refractivity contribution >= 4 is 29.1 Å². The molecule has 0 saturated carbocycles. The molecule has 2 fully saturated rings. The zero-order valence-electron chi connectivity index (χ0n) is 12.1. The van der Waals surface area contributed by atoms with Crippen LogP contribution in [0, 0.1) is 0 Å². The first kappa shape index (κ1) is 14.5. The highest BCUT2D eigenvalue weighted by Crippen LogP contribution is 2.24. The minimum Gasteiger partial charge on any atom is -0.328 e. The molecule has 0 aliphatic carbocycles. The first-order valence-corrected chi connectivity index (χ1v) is 7.72. The van der Waals surface area contributed by atoms with Crippen LogP contribution in [-0.4, -0.2) is 51.1 Å². The molecular weight excluding hydrogens is 290 g/mol. The second-order valence-electron chi connectivity index (χ2n) is 5.92. The molecule has 2 N–H and O–H groups in total. The van der Waals surface area contributed by atoms with Crippen molar-refractivity contribution in [1.82, 2.24) is 0 Å². The number of quaternary nitrogens is 2. The van der Waals surface area contributed by atoms with Crippen molar-refractivity contribution in [3.8, 4) is 0 Å². The predicted octanol–water partition coefficient (Wildman–Crippen LogP) is -1.61. The third-order valence-corrected chi connectivity index (χ3v) is 4.69. The molecule has 0 aromatic heterocycles. The number of amides is 2. The van der Waals surface area contributed by atoms with Crippen LogP contribution in [-0.2, 0) is 9.59 Å². The number of benzene rings is 1. The van der Waals surface area contributed by atoms with Gasteiger partial charge < -0.3 is 9.80 Å². The van der Waals surface area contributed by atoms with Gasteiger partial charge in [0.25, 0.3) is 5.91 Å². The summed E-state index contributed by atoms with van der Waals surface area (Å²) in [5, 5.41) is 0.534. The van der Waals surface area contributed by atoms with Crippen LogP contribution >= 0.6 is 11.6 Å². The molecule has 3 rings (SSSR count). The third-order valence-electron chi connectivity index (χ3n) is 4.45. The van der Waals surface area contributed by atoms with Gasteiger partial charge in [-0.05, 0) is 18.2 Å². The van der Waals surface area contributed by atoms with Gasteiger partial charge in [0.05, 0.1) is 19.2 Å². The van der Waals surface area contributed by atoms with Crippen LogP contribution in [0.4, 0.5) is 5.69 Å². The number of piperazine rings is 1. The van der Waals surface area contributed by atoms with Crippen molar-refractivity contribution < 1.29 is 19.4 Å². The first-order valence-electron chi connectivity index (χ1n) is 7.34. The van der Waals surface area contributed by atoms with Gasteiger partial charge in [0, 0.05) is 5.02 Å². The largest absolute Gasteiger partial charge is 0.328 e. The summed E-state index contributed by atoms with van der Waals surface area (Å²) in [6.45, 7) is 3.98. The Morgan fingerprint density at radius 1 is 1.19 bits per heavy atom. The average molecular weight is 310 g/mol. The molecule has 0 radical (unpaired) electrons. The minimum absolute atomic E-state index is 0.0863. The lowest BCUT2D eigenvalue weighted by molar-refractivity contribution is -1.01. The molecule has 1 aromatic rings. The number of nitrogens with one attached hydrogen (secondary N) is 2. The fourth-order valence-corrected chi connectivity index (χ4v) is 3.37. The number of carbonyl (C=O) groups excluding carboxylic acids is 2. The maximum Gasteiger partial charge on any atom is 0.292 e. The van der Waals surface area contributed by atoms with E-state index in [1.54, 1.807) is 24.3 Å². The molecule has 1 aromatic carbocycles. The average Bonchev–Trinajstić information content (AvgIpc) is 2.75. The van der Waals surface area contributed by atoms with Gasteiger partial charge in [0.1, 0.15) is 26.2 Å². The minimum atomic E-state index is -0.232. The molecule has 2 aliphatic rings. The SMILES string of the molecule is C[NH+]1CC[NH+](C2CC(=O)N(c3cccc(Cl)c3)C2=O)CC1. The predicted molar refractivity (Wildman–Crippen MR) is 79.7 cm³/mol. The number of imide groups is 1. The number of hydrogen-bond acceptors (Lipinski definition) is 2. The maximum absolute atomic E-state index is 12.6. The molecule has 1 unspecified atom stereocenters. The molecule has 6 heteroatoms. The summed E-state index contributed by atoms with van der Waals surface area (Å²) in [5.74, 6) is -0.206. The number of hydrogen-bond donors (Lipinski definition) is 2. The number of nitrogens with zero attached hydrogens (tertiary/aromatic N) is 1. The van der Waals surface area contributed by atoms with E-state index in [2.05, 4.69) is 7.05 Å². The number of halogens is 1. The Hall–Kier alpha value is -1.43. The van der Waals surface area contributed by atoms with E-state index in [4.69, 9.17) is 11.6 Å². The van der Waals surface area contributed by atoms with Gasteiger partial charge in [-0.3, -0.25) is 9.59 Å². The Balaban J connectivity index is 1.79. The normalized spacial score (nSPS) is 30.0. The second-order valence-corrected chi connectivity index (χ2v) is 6.36. The number of anilines is 1. The lowest BCUT2D eigenvalue weighted by Crippen LogP contribution is -3.29. The van der Waals surface area contributed by atoms with Crippen LogP contribution in [0.5, 0.6) is 0 Å². The lowest BCUT2D eigenvalue weighted by atomic mass is 10.2. The van der Waals surface area contributed by atoms with Crippen LogP contribution in [0.2, 0.25) is 5.02 Å². The quantitative estimate of drug-likeness (QED) is 0.646. The maximum atomic E-state index is 12.6. The van der Waals surface area contributed by atoms with Crippen LogP contribution in [0.3, 0.4) is 0 Å². The summed E-state index contributed by atoms with van der Waals surface area (Å²) in [5.41, 5.74) is 0.583. The molecule has 2 heterocycles. The first-order chi connectivity index (χ1) is 10.1. The van der Waals surface area contributed by atoms with E-state index in [0.717, 1.165) is 26.2 Å². The summed E-state index contributed by atoms with van der Waals surface area (Å²) >= 11 is 5.96. The summed E-state index contributed by atoms with van der Waals surface area (Å²) in [6, 6.07) is 6.70. The molecule has 2 amide bonds. The summed E-state index contributed by atoms with van der Waals surface area (Å²) in [7, 11) is 2.16. The van der Waals surface area contributed by atoms with Crippen molar-refractivity contribution in [3.05, 3.63) is 29.3 Å². The topological polar surface area (TPSA) is 46.3 Å². The van der Waals surface area contributed by atoms with E-state index in [0.29, 0.717) is 17.1 Å². The molecule has 21 heavy (non-hydrogen) atoms. The van der Waals surface area contributed by atoms with E-state index in [9.17, 15) is 9.59 Å². The van der Waals surface area contributed by atoms with Crippen molar-refractivity contribution in [1.29, 1.82) is 0 Å². The fourth-order valence-electron chi connectivity index (χ4n) is 3.18. The fraction of sp³-hybridized carbons (Fsp3) is 0.467. The van der Waals surface area contributed by atoms with Crippen molar-refractivity contribution in [2.45, 2.75) is 12.5 Å². The van der Waals surface area contributed by atoms with Crippen molar-refractivity contribution in [2.24, 2.45) is 0 Å². The van der Waals surface area contributed by atoms with E-state index < -0.39 is 0 Å². The molecule has 1 atom stereocenters. The Labute approximate surface area is 129 Å². The molecule has 5 nitrogen and oxygen atoms in total. The number of carbonyl (C=O) groups is 2. The summed E-state index contributed by atoms with van der Waals surface area (Å²) < 4.78 is 0. The van der Waals surface area contributed by atoms with E-state index in [1.807, 2.05) is 0 Å².